The number of quaternary nitrogens is 1. The van der Waals surface area contributed by atoms with Crippen LogP contribution in [-0.4, -0.2) is 80.6 Å². The standard InChI is InChI=1S/C52H93NO7/c1-6-8-10-12-14-16-18-20-22-23-24-25-26-27-29-30-32-34-36-38-40-42-50(54)59-47-48(46-58-45-44-49(52(56)57)53(3,4)5)60-51(55)43-41-39-37-35-33-31-28-21-19-17-15-13-11-9-7-2/h9,11,13,15,17,19,25-26,48-49H,6-8,10,12,14,16,18,20-24,27-47H2,1-5H3/p+1/b11-9+,15-13+,19-17+,26-25+. The van der Waals surface area contributed by atoms with Gasteiger partial charge in [-0.25, -0.2) is 4.79 Å². The Hall–Kier alpha value is -2.71. The maximum Gasteiger partial charge on any atom is 0.362 e. The molecule has 0 aliphatic carbocycles. The molecular weight excluding hydrogens is 751 g/mol. The molecule has 0 fully saturated rings. The average molecular weight is 845 g/mol. The molecule has 0 saturated carbocycles. The van der Waals surface area contributed by atoms with E-state index in [0.717, 1.165) is 57.8 Å². The molecule has 2 atom stereocenters. The highest BCUT2D eigenvalue weighted by Gasteiger charge is 2.31. The molecule has 0 aliphatic rings. The summed E-state index contributed by atoms with van der Waals surface area (Å²) in [4.78, 5) is 37.1. The smallest absolute Gasteiger partial charge is 0.362 e. The zero-order valence-electron chi connectivity index (χ0n) is 39.7. The molecule has 60 heavy (non-hydrogen) atoms. The van der Waals surface area contributed by atoms with Crippen LogP contribution in [0.5, 0.6) is 0 Å². The molecule has 1 N–H and O–H groups in total. The van der Waals surface area contributed by atoms with E-state index in [1.54, 1.807) is 0 Å². The number of carbonyl (C=O) groups is 3. The lowest BCUT2D eigenvalue weighted by atomic mass is 10.1. The van der Waals surface area contributed by atoms with Crippen LogP contribution in [0.2, 0.25) is 0 Å². The Kier molecular flexibility index (Phi) is 41.0. The topological polar surface area (TPSA) is 99.1 Å². The summed E-state index contributed by atoms with van der Waals surface area (Å²) in [5.74, 6) is -1.48. The van der Waals surface area contributed by atoms with E-state index in [1.807, 2.05) is 21.1 Å². The van der Waals surface area contributed by atoms with Crippen LogP contribution < -0.4 is 0 Å². The number of unbranched alkanes of at least 4 members (excludes halogenated alkanes) is 24. The maximum atomic E-state index is 12.8. The summed E-state index contributed by atoms with van der Waals surface area (Å²) in [5, 5.41) is 9.64. The van der Waals surface area contributed by atoms with Gasteiger partial charge < -0.3 is 23.8 Å². The number of likely N-dealkylation sites (N-methyl/N-ethyl adjacent to an activating group) is 1. The van der Waals surface area contributed by atoms with Gasteiger partial charge in [-0.3, -0.25) is 9.59 Å². The van der Waals surface area contributed by atoms with E-state index in [0.29, 0.717) is 19.3 Å². The van der Waals surface area contributed by atoms with Crippen molar-refractivity contribution in [2.24, 2.45) is 0 Å². The predicted octanol–water partition coefficient (Wildman–Crippen LogP) is 14.0. The highest BCUT2D eigenvalue weighted by atomic mass is 16.6. The Labute approximate surface area is 369 Å². The predicted molar refractivity (Wildman–Crippen MR) is 252 cm³/mol. The van der Waals surface area contributed by atoms with Gasteiger partial charge in [-0.1, -0.05) is 184 Å². The van der Waals surface area contributed by atoms with Gasteiger partial charge in [0.2, 0.25) is 0 Å². The zero-order chi connectivity index (χ0) is 44.2. The molecule has 2 unspecified atom stereocenters. The van der Waals surface area contributed by atoms with E-state index in [2.05, 4.69) is 62.5 Å². The number of carboxylic acids is 1. The summed E-state index contributed by atoms with van der Waals surface area (Å²) in [7, 11) is 5.53. The van der Waals surface area contributed by atoms with E-state index < -0.39 is 18.1 Å². The quantitative estimate of drug-likeness (QED) is 0.0214. The minimum Gasteiger partial charge on any atom is -0.477 e. The van der Waals surface area contributed by atoms with Crippen LogP contribution in [-0.2, 0) is 28.6 Å². The van der Waals surface area contributed by atoms with Gasteiger partial charge in [-0.2, -0.15) is 0 Å². The number of rotatable bonds is 44. The summed E-state index contributed by atoms with van der Waals surface area (Å²) < 4.78 is 17.3. The third-order valence-corrected chi connectivity index (χ3v) is 11.0. The van der Waals surface area contributed by atoms with Crippen LogP contribution >= 0.6 is 0 Å². The lowest BCUT2D eigenvalue weighted by molar-refractivity contribution is -0.887. The summed E-state index contributed by atoms with van der Waals surface area (Å²) in [6, 6.07) is -0.618. The highest BCUT2D eigenvalue weighted by molar-refractivity contribution is 5.72. The van der Waals surface area contributed by atoms with Crippen molar-refractivity contribution in [1.29, 1.82) is 0 Å². The molecule has 8 heteroatoms. The number of aliphatic carboxylic acids is 1. The minimum atomic E-state index is -0.878. The van der Waals surface area contributed by atoms with Crippen LogP contribution in [0.15, 0.2) is 48.6 Å². The molecule has 0 bridgehead atoms. The Balaban J connectivity index is 4.25. The fourth-order valence-corrected chi connectivity index (χ4v) is 7.20. The number of carbonyl (C=O) groups excluding carboxylic acids is 2. The van der Waals surface area contributed by atoms with E-state index in [-0.39, 0.29) is 36.2 Å². The van der Waals surface area contributed by atoms with Gasteiger partial charge in [0, 0.05) is 19.3 Å². The van der Waals surface area contributed by atoms with Crippen LogP contribution in [0, 0.1) is 0 Å². The van der Waals surface area contributed by atoms with E-state index in [9.17, 15) is 19.5 Å². The Morgan fingerprint density at radius 2 is 0.950 bits per heavy atom. The summed E-state index contributed by atoms with van der Waals surface area (Å²) >= 11 is 0. The van der Waals surface area contributed by atoms with E-state index in [4.69, 9.17) is 14.2 Å². The second-order valence-electron chi connectivity index (χ2n) is 17.7. The zero-order valence-corrected chi connectivity index (χ0v) is 39.7. The second kappa shape index (κ2) is 43.0. The molecule has 8 nitrogen and oxygen atoms in total. The summed E-state index contributed by atoms with van der Waals surface area (Å²) in [6.07, 6.45) is 51.6. The van der Waals surface area contributed by atoms with E-state index in [1.165, 1.54) is 122 Å². The molecule has 0 aromatic heterocycles. The first-order valence-corrected chi connectivity index (χ1v) is 24.7. The van der Waals surface area contributed by atoms with Gasteiger partial charge >= 0.3 is 17.9 Å². The van der Waals surface area contributed by atoms with Crippen LogP contribution in [0.25, 0.3) is 0 Å². The molecule has 348 valence electrons. The van der Waals surface area contributed by atoms with Crippen molar-refractivity contribution in [2.45, 2.75) is 225 Å². The molecule has 0 rings (SSSR count). The van der Waals surface area contributed by atoms with Crippen molar-refractivity contribution in [3.05, 3.63) is 48.6 Å². The van der Waals surface area contributed by atoms with Crippen molar-refractivity contribution in [3.8, 4) is 0 Å². The Bertz CT molecular complexity index is 1120. The number of hydrogen-bond acceptors (Lipinski definition) is 6. The monoisotopic (exact) mass is 845 g/mol. The van der Waals surface area contributed by atoms with Gasteiger partial charge in [0.15, 0.2) is 12.1 Å². The molecule has 0 heterocycles. The number of esters is 2. The van der Waals surface area contributed by atoms with Crippen molar-refractivity contribution >= 4 is 17.9 Å². The van der Waals surface area contributed by atoms with Gasteiger partial charge in [-0.15, -0.1) is 0 Å². The van der Waals surface area contributed by atoms with Crippen LogP contribution in [0.3, 0.4) is 0 Å². The number of hydrogen-bond donors (Lipinski definition) is 1. The minimum absolute atomic E-state index is 0.0546. The lowest BCUT2D eigenvalue weighted by Crippen LogP contribution is -2.50. The first kappa shape index (κ1) is 57.3. The van der Waals surface area contributed by atoms with Crippen molar-refractivity contribution < 1.29 is 38.2 Å². The van der Waals surface area contributed by atoms with Gasteiger partial charge in [0.05, 0.1) is 34.4 Å². The van der Waals surface area contributed by atoms with Gasteiger partial charge in [0.1, 0.15) is 6.61 Å². The van der Waals surface area contributed by atoms with Gasteiger partial charge in [-0.05, 0) is 57.8 Å². The largest absolute Gasteiger partial charge is 0.477 e. The fraction of sp³-hybridized carbons (Fsp3) is 0.788. The maximum absolute atomic E-state index is 12.8. The number of carboxylic acid groups (broad SMARTS) is 1. The molecule has 0 radical (unpaired) electrons. The van der Waals surface area contributed by atoms with Crippen molar-refractivity contribution in [2.75, 3.05) is 41.0 Å². The van der Waals surface area contributed by atoms with Crippen molar-refractivity contribution in [1.82, 2.24) is 0 Å². The SMILES string of the molecule is CC/C=C/C=C/C=C/CCCCCCCCCC(=O)OC(COCCC(C(=O)O)[N+](C)(C)C)COC(=O)CCCCCCCCC/C=C/CCCCCCCCCCCC. The molecule has 0 saturated heterocycles. The van der Waals surface area contributed by atoms with Crippen LogP contribution in [0.4, 0.5) is 0 Å². The Morgan fingerprint density at radius 1 is 0.517 bits per heavy atom. The van der Waals surface area contributed by atoms with E-state index >= 15 is 0 Å². The summed E-state index contributed by atoms with van der Waals surface area (Å²) in [6.45, 7) is 4.61. The fourth-order valence-electron chi connectivity index (χ4n) is 7.20. The third kappa shape index (κ3) is 40.7. The van der Waals surface area contributed by atoms with Crippen LogP contribution in [0.1, 0.15) is 213 Å². The average Bonchev–Trinajstić information content (AvgIpc) is 3.21. The molecule has 0 aromatic carbocycles. The second-order valence-corrected chi connectivity index (χ2v) is 17.7. The molecular formula is C52H94NO7+. The molecule has 0 amide bonds. The number of allylic oxidation sites excluding steroid dienone is 8. The lowest BCUT2D eigenvalue weighted by Gasteiger charge is -2.31. The first-order chi connectivity index (χ1) is 29.1. The van der Waals surface area contributed by atoms with Crippen molar-refractivity contribution in [3.63, 3.8) is 0 Å². The third-order valence-electron chi connectivity index (χ3n) is 11.0. The number of nitrogens with zero attached hydrogens (tertiary/aromatic N) is 1. The first-order valence-electron chi connectivity index (χ1n) is 24.7. The number of ether oxygens (including phenoxy) is 3. The molecule has 0 aromatic rings. The summed E-state index contributed by atoms with van der Waals surface area (Å²) in [5.41, 5.74) is 0. The van der Waals surface area contributed by atoms with Gasteiger partial charge in [0.25, 0.3) is 0 Å². The normalized spacial score (nSPS) is 13.3. The molecule has 0 aliphatic heterocycles. The Morgan fingerprint density at radius 3 is 1.42 bits per heavy atom. The highest BCUT2D eigenvalue weighted by Crippen LogP contribution is 2.15. The molecule has 0 spiro atoms.